The van der Waals surface area contributed by atoms with Crippen LogP contribution in [0.2, 0.25) is 0 Å². The first-order valence-corrected chi connectivity index (χ1v) is 6.85. The summed E-state index contributed by atoms with van der Waals surface area (Å²) in [7, 11) is 0. The summed E-state index contributed by atoms with van der Waals surface area (Å²) in [5.74, 6) is 1.36. The number of nitrogens with zero attached hydrogens (tertiary/aromatic N) is 1. The van der Waals surface area contributed by atoms with Gasteiger partial charge in [0.2, 0.25) is 0 Å². The van der Waals surface area contributed by atoms with Gasteiger partial charge in [-0.1, -0.05) is 11.8 Å². The first kappa shape index (κ1) is 13.2. The zero-order chi connectivity index (χ0) is 13.0. The number of aromatic nitrogens is 2. The van der Waals surface area contributed by atoms with Crippen molar-refractivity contribution in [3.05, 3.63) is 18.2 Å². The van der Waals surface area contributed by atoms with Gasteiger partial charge in [-0.25, -0.2) is 4.98 Å². The van der Waals surface area contributed by atoms with Crippen molar-refractivity contribution in [1.82, 2.24) is 9.97 Å². The molecule has 18 heavy (non-hydrogen) atoms. The van der Waals surface area contributed by atoms with Crippen molar-refractivity contribution in [3.63, 3.8) is 0 Å². The van der Waals surface area contributed by atoms with Gasteiger partial charge in [0, 0.05) is 18.4 Å². The highest BCUT2D eigenvalue weighted by atomic mass is 32.2. The van der Waals surface area contributed by atoms with E-state index in [4.69, 9.17) is 10.5 Å². The summed E-state index contributed by atoms with van der Waals surface area (Å²) in [6, 6.07) is 5.74. The van der Waals surface area contributed by atoms with E-state index < -0.39 is 6.10 Å². The molecule has 5 nitrogen and oxygen atoms in total. The number of aliphatic hydroxyl groups excluding tert-OH is 1. The number of imidazole rings is 1. The molecule has 98 valence electrons. The van der Waals surface area contributed by atoms with Gasteiger partial charge in [-0.2, -0.15) is 0 Å². The highest BCUT2D eigenvalue weighted by Crippen LogP contribution is 2.23. The minimum Gasteiger partial charge on any atom is -0.494 e. The average Bonchev–Trinajstić information content (AvgIpc) is 2.78. The van der Waals surface area contributed by atoms with E-state index in [1.165, 1.54) is 11.8 Å². The standard InChI is InChI=1S/C12H17N3O2S/c1-2-17-9-3-4-10-11(5-9)15-12(14-10)18-7-8(16)6-13/h3-5,8,16H,2,6-7,13H2,1H3,(H,14,15)/t8-/m1/s1. The third kappa shape index (κ3) is 3.16. The lowest BCUT2D eigenvalue weighted by atomic mass is 10.3. The number of H-pyrrole nitrogens is 1. The van der Waals surface area contributed by atoms with Crippen molar-refractivity contribution in [2.75, 3.05) is 18.9 Å². The van der Waals surface area contributed by atoms with E-state index in [-0.39, 0.29) is 6.54 Å². The van der Waals surface area contributed by atoms with Crippen LogP contribution in [0.1, 0.15) is 6.92 Å². The molecule has 0 saturated carbocycles. The number of nitrogens with one attached hydrogen (secondary N) is 1. The predicted octanol–water partition coefficient (Wildman–Crippen LogP) is 1.37. The van der Waals surface area contributed by atoms with Gasteiger partial charge < -0.3 is 20.6 Å². The maximum atomic E-state index is 9.40. The molecule has 2 rings (SSSR count). The van der Waals surface area contributed by atoms with Crippen molar-refractivity contribution in [1.29, 1.82) is 0 Å². The lowest BCUT2D eigenvalue weighted by molar-refractivity contribution is 0.208. The molecule has 1 aromatic carbocycles. The fraction of sp³-hybridized carbons (Fsp3) is 0.417. The molecule has 0 saturated heterocycles. The molecule has 1 atom stereocenters. The van der Waals surface area contributed by atoms with Crippen LogP contribution < -0.4 is 10.5 Å². The number of aromatic amines is 1. The Bertz CT molecular complexity index is 515. The predicted molar refractivity (Wildman–Crippen MR) is 73.0 cm³/mol. The largest absolute Gasteiger partial charge is 0.494 e. The number of aliphatic hydroxyl groups is 1. The smallest absolute Gasteiger partial charge is 0.166 e. The third-order valence-corrected chi connectivity index (χ3v) is 3.45. The Labute approximate surface area is 110 Å². The summed E-state index contributed by atoms with van der Waals surface area (Å²) in [5, 5.41) is 10.2. The van der Waals surface area contributed by atoms with E-state index in [0.29, 0.717) is 12.4 Å². The number of thioether (sulfide) groups is 1. The van der Waals surface area contributed by atoms with Crippen LogP contribution in [0.3, 0.4) is 0 Å². The van der Waals surface area contributed by atoms with E-state index >= 15 is 0 Å². The highest BCUT2D eigenvalue weighted by molar-refractivity contribution is 7.99. The van der Waals surface area contributed by atoms with Gasteiger partial charge >= 0.3 is 0 Å². The monoisotopic (exact) mass is 267 g/mol. The molecule has 0 unspecified atom stereocenters. The van der Waals surface area contributed by atoms with Crippen molar-refractivity contribution in [2.45, 2.75) is 18.2 Å². The molecule has 1 heterocycles. The topological polar surface area (TPSA) is 84.2 Å². The van der Waals surface area contributed by atoms with E-state index in [2.05, 4.69) is 9.97 Å². The second-order valence-corrected chi connectivity index (χ2v) is 4.86. The SMILES string of the molecule is CCOc1ccc2nc(SC[C@H](O)CN)[nH]c2c1. The summed E-state index contributed by atoms with van der Waals surface area (Å²) < 4.78 is 5.43. The molecule has 0 aliphatic carbocycles. The molecular weight excluding hydrogens is 250 g/mol. The van der Waals surface area contributed by atoms with Gasteiger partial charge in [-0.15, -0.1) is 0 Å². The zero-order valence-electron chi connectivity index (χ0n) is 10.2. The van der Waals surface area contributed by atoms with E-state index in [1.54, 1.807) is 0 Å². The van der Waals surface area contributed by atoms with Gasteiger partial charge in [-0.05, 0) is 19.1 Å². The molecule has 6 heteroatoms. The number of fused-ring (bicyclic) bond motifs is 1. The highest BCUT2D eigenvalue weighted by Gasteiger charge is 2.07. The van der Waals surface area contributed by atoms with E-state index in [0.717, 1.165) is 21.9 Å². The molecule has 0 aliphatic rings. The molecule has 2 aromatic rings. The van der Waals surface area contributed by atoms with Crippen LogP contribution in [0.5, 0.6) is 5.75 Å². The number of nitrogens with two attached hydrogens (primary N) is 1. The summed E-state index contributed by atoms with van der Waals surface area (Å²) in [4.78, 5) is 7.61. The number of rotatable bonds is 6. The average molecular weight is 267 g/mol. The van der Waals surface area contributed by atoms with Crippen LogP contribution in [0, 0.1) is 0 Å². The Morgan fingerprint density at radius 1 is 1.56 bits per heavy atom. The van der Waals surface area contributed by atoms with Crippen LogP contribution in [-0.2, 0) is 0 Å². The maximum Gasteiger partial charge on any atom is 0.166 e. The van der Waals surface area contributed by atoms with Gasteiger partial charge in [0.25, 0.3) is 0 Å². The first-order valence-electron chi connectivity index (χ1n) is 5.86. The minimum absolute atomic E-state index is 0.266. The van der Waals surface area contributed by atoms with Crippen molar-refractivity contribution in [2.24, 2.45) is 5.73 Å². The fourth-order valence-corrected chi connectivity index (χ4v) is 2.36. The number of hydrogen-bond donors (Lipinski definition) is 3. The lowest BCUT2D eigenvalue weighted by Gasteiger charge is -2.03. The summed E-state index contributed by atoms with van der Waals surface area (Å²) in [6.45, 7) is 2.86. The molecule has 0 bridgehead atoms. The fourth-order valence-electron chi connectivity index (χ4n) is 1.53. The summed E-state index contributed by atoms with van der Waals surface area (Å²) in [6.07, 6.45) is -0.498. The first-order chi connectivity index (χ1) is 8.72. The Kier molecular flexibility index (Phi) is 4.46. The van der Waals surface area contributed by atoms with Gasteiger partial charge in [0.05, 0.1) is 23.7 Å². The molecule has 0 fully saturated rings. The van der Waals surface area contributed by atoms with Gasteiger partial charge in [0.15, 0.2) is 5.16 Å². The molecule has 1 aromatic heterocycles. The third-order valence-electron chi connectivity index (χ3n) is 2.43. The summed E-state index contributed by atoms with van der Waals surface area (Å²) in [5.41, 5.74) is 7.18. The molecule has 0 radical (unpaired) electrons. The second-order valence-electron chi connectivity index (χ2n) is 3.85. The van der Waals surface area contributed by atoms with E-state index in [1.807, 2.05) is 25.1 Å². The van der Waals surface area contributed by atoms with Crippen LogP contribution in [0.25, 0.3) is 11.0 Å². The Morgan fingerprint density at radius 3 is 3.11 bits per heavy atom. The van der Waals surface area contributed by atoms with Crippen LogP contribution in [-0.4, -0.2) is 40.1 Å². The molecular formula is C12H17N3O2S. The molecule has 0 spiro atoms. The van der Waals surface area contributed by atoms with Crippen LogP contribution >= 0.6 is 11.8 Å². The van der Waals surface area contributed by atoms with Crippen LogP contribution in [0.4, 0.5) is 0 Å². The van der Waals surface area contributed by atoms with Crippen molar-refractivity contribution < 1.29 is 9.84 Å². The Balaban J connectivity index is 2.11. The minimum atomic E-state index is -0.498. The number of ether oxygens (including phenoxy) is 1. The maximum absolute atomic E-state index is 9.40. The van der Waals surface area contributed by atoms with E-state index in [9.17, 15) is 5.11 Å². The number of hydrogen-bond acceptors (Lipinski definition) is 5. The van der Waals surface area contributed by atoms with Crippen LogP contribution in [0.15, 0.2) is 23.4 Å². The van der Waals surface area contributed by atoms with Crippen molar-refractivity contribution >= 4 is 22.8 Å². The summed E-state index contributed by atoms with van der Waals surface area (Å²) >= 11 is 1.46. The molecule has 4 N–H and O–H groups in total. The molecule has 0 aliphatic heterocycles. The second kappa shape index (κ2) is 6.08. The Hall–Kier alpha value is -1.24. The normalized spacial score (nSPS) is 12.8. The van der Waals surface area contributed by atoms with Gasteiger partial charge in [0.1, 0.15) is 5.75 Å². The Morgan fingerprint density at radius 2 is 2.39 bits per heavy atom. The molecule has 0 amide bonds. The quantitative estimate of drug-likeness (QED) is 0.688. The number of benzene rings is 1. The van der Waals surface area contributed by atoms with Gasteiger partial charge in [-0.3, -0.25) is 0 Å². The lowest BCUT2D eigenvalue weighted by Crippen LogP contribution is -2.21. The van der Waals surface area contributed by atoms with Crippen molar-refractivity contribution in [3.8, 4) is 5.75 Å². The zero-order valence-corrected chi connectivity index (χ0v) is 11.0.